The van der Waals surface area contributed by atoms with Gasteiger partial charge in [-0.05, 0) is 37.2 Å². The zero-order valence-corrected chi connectivity index (χ0v) is 10.9. The molecule has 0 amide bonds. The van der Waals surface area contributed by atoms with Crippen LogP contribution >= 0.6 is 0 Å². The minimum absolute atomic E-state index is 0.360. The fourth-order valence-corrected chi connectivity index (χ4v) is 3.06. The number of piperidine rings is 1. The van der Waals surface area contributed by atoms with Gasteiger partial charge in [-0.3, -0.25) is 0 Å². The zero-order chi connectivity index (χ0) is 12.4. The standard InChI is InChI=1S/C14H22N4/c15-13-5-7-18(8-6-13)14-16-9-12(10-17-14)11-3-1-2-4-11/h9-11,13H,1-8,15H2. The molecule has 18 heavy (non-hydrogen) atoms. The number of hydrogen-bond acceptors (Lipinski definition) is 4. The van der Waals surface area contributed by atoms with Crippen LogP contribution in [0.25, 0.3) is 0 Å². The van der Waals surface area contributed by atoms with E-state index in [4.69, 9.17) is 5.73 Å². The molecule has 0 atom stereocenters. The second kappa shape index (κ2) is 5.22. The van der Waals surface area contributed by atoms with Gasteiger partial charge in [0.1, 0.15) is 0 Å². The Morgan fingerprint density at radius 1 is 1.00 bits per heavy atom. The summed E-state index contributed by atoms with van der Waals surface area (Å²) in [4.78, 5) is 11.3. The van der Waals surface area contributed by atoms with Crippen molar-refractivity contribution in [2.45, 2.75) is 50.5 Å². The first-order valence-corrected chi connectivity index (χ1v) is 7.15. The van der Waals surface area contributed by atoms with E-state index in [0.29, 0.717) is 12.0 Å². The van der Waals surface area contributed by atoms with Crippen molar-refractivity contribution in [3.63, 3.8) is 0 Å². The highest BCUT2D eigenvalue weighted by Gasteiger charge is 2.20. The fraction of sp³-hybridized carbons (Fsp3) is 0.714. The number of nitrogens with two attached hydrogens (primary N) is 1. The molecule has 1 aromatic rings. The summed E-state index contributed by atoms with van der Waals surface area (Å²) in [5.74, 6) is 1.58. The summed E-state index contributed by atoms with van der Waals surface area (Å²) in [5, 5.41) is 0. The smallest absolute Gasteiger partial charge is 0.225 e. The Kier molecular flexibility index (Phi) is 3.46. The van der Waals surface area contributed by atoms with E-state index in [0.717, 1.165) is 31.9 Å². The molecule has 2 N–H and O–H groups in total. The molecule has 3 rings (SSSR count). The molecule has 0 bridgehead atoms. The number of hydrogen-bond donors (Lipinski definition) is 1. The Morgan fingerprint density at radius 2 is 1.61 bits per heavy atom. The second-order valence-corrected chi connectivity index (χ2v) is 5.62. The quantitative estimate of drug-likeness (QED) is 0.868. The maximum Gasteiger partial charge on any atom is 0.225 e. The van der Waals surface area contributed by atoms with E-state index in [1.807, 2.05) is 12.4 Å². The van der Waals surface area contributed by atoms with Gasteiger partial charge in [-0.25, -0.2) is 9.97 Å². The first kappa shape index (κ1) is 11.9. The molecule has 2 fully saturated rings. The summed E-state index contributed by atoms with van der Waals surface area (Å²) in [6, 6.07) is 0.360. The molecule has 1 saturated carbocycles. The molecule has 1 aromatic heterocycles. The topological polar surface area (TPSA) is 55.0 Å². The summed E-state index contributed by atoms with van der Waals surface area (Å²) in [6.07, 6.45) is 11.5. The third-order valence-corrected chi connectivity index (χ3v) is 4.31. The molecule has 4 nitrogen and oxygen atoms in total. The van der Waals surface area contributed by atoms with E-state index in [1.54, 1.807) is 0 Å². The monoisotopic (exact) mass is 246 g/mol. The van der Waals surface area contributed by atoms with Crippen LogP contribution in [-0.2, 0) is 0 Å². The highest BCUT2D eigenvalue weighted by Crippen LogP contribution is 2.33. The largest absolute Gasteiger partial charge is 0.341 e. The lowest BCUT2D eigenvalue weighted by Gasteiger charge is -2.30. The van der Waals surface area contributed by atoms with Crippen molar-refractivity contribution in [3.05, 3.63) is 18.0 Å². The number of aromatic nitrogens is 2. The average molecular weight is 246 g/mol. The first-order valence-electron chi connectivity index (χ1n) is 7.15. The van der Waals surface area contributed by atoms with E-state index in [-0.39, 0.29) is 0 Å². The van der Waals surface area contributed by atoms with Crippen molar-refractivity contribution in [2.75, 3.05) is 18.0 Å². The SMILES string of the molecule is NC1CCN(c2ncc(C3CCCC3)cn2)CC1. The van der Waals surface area contributed by atoms with Gasteiger partial charge in [0.2, 0.25) is 5.95 Å². The molecule has 1 aliphatic heterocycles. The van der Waals surface area contributed by atoms with Crippen molar-refractivity contribution in [3.8, 4) is 0 Å². The van der Waals surface area contributed by atoms with Crippen molar-refractivity contribution in [1.29, 1.82) is 0 Å². The summed E-state index contributed by atoms with van der Waals surface area (Å²) in [5.41, 5.74) is 7.24. The van der Waals surface area contributed by atoms with E-state index in [2.05, 4.69) is 14.9 Å². The molecule has 1 aliphatic carbocycles. The molecule has 0 radical (unpaired) electrons. The summed E-state index contributed by atoms with van der Waals surface area (Å²) < 4.78 is 0. The van der Waals surface area contributed by atoms with Crippen molar-refractivity contribution < 1.29 is 0 Å². The Hall–Kier alpha value is -1.16. The molecular formula is C14H22N4. The number of rotatable bonds is 2. The zero-order valence-electron chi connectivity index (χ0n) is 10.9. The molecule has 2 heterocycles. The minimum atomic E-state index is 0.360. The van der Waals surface area contributed by atoms with Crippen LogP contribution in [0.1, 0.15) is 50.0 Å². The molecule has 98 valence electrons. The fourth-order valence-electron chi connectivity index (χ4n) is 3.06. The normalized spacial score (nSPS) is 22.6. The van der Waals surface area contributed by atoms with E-state index < -0.39 is 0 Å². The first-order chi connectivity index (χ1) is 8.83. The Balaban J connectivity index is 1.67. The van der Waals surface area contributed by atoms with Crippen LogP contribution in [0.4, 0.5) is 5.95 Å². The van der Waals surface area contributed by atoms with E-state index in [9.17, 15) is 0 Å². The van der Waals surface area contributed by atoms with Crippen LogP contribution in [0.5, 0.6) is 0 Å². The van der Waals surface area contributed by atoms with Crippen LogP contribution in [0, 0.1) is 0 Å². The van der Waals surface area contributed by atoms with Crippen LogP contribution in [-0.4, -0.2) is 29.1 Å². The average Bonchev–Trinajstić information content (AvgIpc) is 2.94. The third-order valence-electron chi connectivity index (χ3n) is 4.31. The van der Waals surface area contributed by atoms with Crippen molar-refractivity contribution in [1.82, 2.24) is 9.97 Å². The van der Waals surface area contributed by atoms with Gasteiger partial charge < -0.3 is 10.6 Å². The van der Waals surface area contributed by atoms with Crippen LogP contribution < -0.4 is 10.6 Å². The molecule has 0 unspecified atom stereocenters. The summed E-state index contributed by atoms with van der Waals surface area (Å²) in [7, 11) is 0. The molecule has 1 saturated heterocycles. The van der Waals surface area contributed by atoms with E-state index >= 15 is 0 Å². The van der Waals surface area contributed by atoms with Gasteiger partial charge in [-0.15, -0.1) is 0 Å². The lowest BCUT2D eigenvalue weighted by atomic mass is 10.0. The van der Waals surface area contributed by atoms with E-state index in [1.165, 1.54) is 31.2 Å². The Bertz CT molecular complexity index is 375. The highest BCUT2D eigenvalue weighted by molar-refractivity contribution is 5.31. The lowest BCUT2D eigenvalue weighted by molar-refractivity contribution is 0.495. The van der Waals surface area contributed by atoms with Crippen LogP contribution in [0.3, 0.4) is 0 Å². The van der Waals surface area contributed by atoms with Gasteiger partial charge in [-0.1, -0.05) is 12.8 Å². The van der Waals surface area contributed by atoms with Gasteiger partial charge in [-0.2, -0.15) is 0 Å². The number of nitrogens with zero attached hydrogens (tertiary/aromatic N) is 3. The third kappa shape index (κ3) is 2.48. The van der Waals surface area contributed by atoms with Gasteiger partial charge in [0.25, 0.3) is 0 Å². The van der Waals surface area contributed by atoms with Gasteiger partial charge >= 0.3 is 0 Å². The second-order valence-electron chi connectivity index (χ2n) is 5.62. The Morgan fingerprint density at radius 3 is 2.22 bits per heavy atom. The maximum atomic E-state index is 5.91. The van der Waals surface area contributed by atoms with Gasteiger partial charge in [0.05, 0.1) is 0 Å². The Labute approximate surface area is 109 Å². The predicted octanol–water partition coefficient (Wildman–Crippen LogP) is 2.06. The molecule has 2 aliphatic rings. The predicted molar refractivity (Wildman–Crippen MR) is 72.7 cm³/mol. The molecule has 0 aromatic carbocycles. The van der Waals surface area contributed by atoms with Crippen molar-refractivity contribution in [2.24, 2.45) is 5.73 Å². The van der Waals surface area contributed by atoms with Gasteiger partial charge in [0, 0.05) is 31.5 Å². The molecule has 0 spiro atoms. The highest BCUT2D eigenvalue weighted by atomic mass is 15.2. The van der Waals surface area contributed by atoms with Crippen molar-refractivity contribution >= 4 is 5.95 Å². The molecular weight excluding hydrogens is 224 g/mol. The van der Waals surface area contributed by atoms with Gasteiger partial charge in [0.15, 0.2) is 0 Å². The lowest BCUT2D eigenvalue weighted by Crippen LogP contribution is -2.40. The van der Waals surface area contributed by atoms with Crippen LogP contribution in [0.15, 0.2) is 12.4 Å². The minimum Gasteiger partial charge on any atom is -0.341 e. The summed E-state index contributed by atoms with van der Waals surface area (Å²) >= 11 is 0. The van der Waals surface area contributed by atoms with Crippen LogP contribution in [0.2, 0.25) is 0 Å². The molecule has 4 heteroatoms. The summed E-state index contributed by atoms with van der Waals surface area (Å²) in [6.45, 7) is 1.98. The maximum absolute atomic E-state index is 5.91. The number of anilines is 1.